The van der Waals surface area contributed by atoms with Crippen molar-refractivity contribution in [1.29, 1.82) is 0 Å². The fraction of sp³-hybridized carbons (Fsp3) is 0.351. The summed E-state index contributed by atoms with van der Waals surface area (Å²) in [6.07, 6.45) is 7.94. The fourth-order valence-electron chi connectivity index (χ4n) is 5.96. The maximum Gasteiger partial charge on any atom is 0.274 e. The van der Waals surface area contributed by atoms with E-state index in [1.807, 2.05) is 69.3 Å². The second-order valence-electron chi connectivity index (χ2n) is 12.6. The molecule has 2 fully saturated rings. The lowest BCUT2D eigenvalue weighted by Crippen LogP contribution is -2.29. The van der Waals surface area contributed by atoms with Crippen LogP contribution in [0.15, 0.2) is 60.9 Å². The van der Waals surface area contributed by atoms with Crippen LogP contribution in [0, 0.1) is 13.8 Å². The van der Waals surface area contributed by atoms with Gasteiger partial charge in [-0.15, -0.1) is 0 Å². The molecule has 0 bridgehead atoms. The number of anilines is 2. The van der Waals surface area contributed by atoms with Crippen molar-refractivity contribution < 1.29 is 14.7 Å². The molecule has 6 N–H and O–H groups in total. The zero-order valence-corrected chi connectivity index (χ0v) is 26.7. The molecule has 0 spiro atoms. The topological polar surface area (TPSA) is 142 Å². The highest BCUT2D eigenvalue weighted by Gasteiger charge is 2.28. The number of hydrogen-bond acceptors (Lipinski definition) is 7. The molecule has 0 aliphatic heterocycles. The molecule has 1 atom stereocenters. The lowest BCUT2D eigenvalue weighted by molar-refractivity contribution is 0.101. The van der Waals surface area contributed by atoms with Crippen LogP contribution in [0.25, 0.3) is 11.1 Å². The van der Waals surface area contributed by atoms with Crippen molar-refractivity contribution in [3.8, 4) is 11.1 Å². The molecule has 2 heterocycles. The van der Waals surface area contributed by atoms with Gasteiger partial charge in [0.15, 0.2) is 0 Å². The predicted molar refractivity (Wildman–Crippen MR) is 181 cm³/mol. The molecule has 2 aliphatic rings. The Bertz CT molecular complexity index is 1780. The highest BCUT2D eigenvalue weighted by atomic mass is 16.3. The zero-order valence-electron chi connectivity index (χ0n) is 26.7. The van der Waals surface area contributed by atoms with E-state index in [4.69, 9.17) is 5.73 Å². The Kier molecular flexibility index (Phi) is 9.26. The first-order chi connectivity index (χ1) is 22.3. The van der Waals surface area contributed by atoms with Gasteiger partial charge in [-0.3, -0.25) is 19.6 Å². The summed E-state index contributed by atoms with van der Waals surface area (Å²) in [5, 5.41) is 18.8. The fourth-order valence-corrected chi connectivity index (χ4v) is 5.96. The molecular formula is C37H42N6O3. The van der Waals surface area contributed by atoms with Gasteiger partial charge in [-0.05, 0) is 127 Å². The minimum absolute atomic E-state index is 0.0168. The molecular weight excluding hydrogens is 576 g/mol. The van der Waals surface area contributed by atoms with Gasteiger partial charge in [-0.25, -0.2) is 0 Å². The molecule has 238 valence electrons. The third kappa shape index (κ3) is 6.87. The molecule has 2 aliphatic carbocycles. The zero-order chi connectivity index (χ0) is 32.4. The van der Waals surface area contributed by atoms with Crippen molar-refractivity contribution >= 4 is 23.2 Å². The Balaban J connectivity index is 1.20. The van der Waals surface area contributed by atoms with Gasteiger partial charge in [-0.2, -0.15) is 0 Å². The number of amides is 2. The number of nitrogens with two attached hydrogens (primary N) is 1. The quantitative estimate of drug-likeness (QED) is 0.132. The average Bonchev–Trinajstić information content (AvgIpc) is 3.99. The summed E-state index contributed by atoms with van der Waals surface area (Å²) in [7, 11) is 0. The molecule has 2 amide bonds. The smallest absolute Gasteiger partial charge is 0.274 e. The van der Waals surface area contributed by atoms with Crippen LogP contribution >= 0.6 is 0 Å². The van der Waals surface area contributed by atoms with Crippen molar-refractivity contribution in [1.82, 2.24) is 15.3 Å². The number of carbonyl (C=O) groups excluding carboxylic acids is 2. The van der Waals surface area contributed by atoms with Crippen LogP contribution in [0.4, 0.5) is 11.4 Å². The molecule has 0 saturated heterocycles. The summed E-state index contributed by atoms with van der Waals surface area (Å²) in [4.78, 5) is 35.6. The number of aromatic nitrogens is 2. The SMILES string of the molecule is Cc1c(NC(=O)c2cc(C3CC3)c(CN)cn2)cccc1-c1cccc(NC(=O)c2cc(C3CC3)c(CN[C@H](C)CO)cn2)c1C. The summed E-state index contributed by atoms with van der Waals surface area (Å²) in [6, 6.07) is 15.4. The molecule has 4 aromatic rings. The molecule has 0 unspecified atom stereocenters. The third-order valence-electron chi connectivity index (χ3n) is 9.13. The molecule has 0 radical (unpaired) electrons. The van der Waals surface area contributed by atoms with Crippen LogP contribution < -0.4 is 21.7 Å². The van der Waals surface area contributed by atoms with Gasteiger partial charge in [0, 0.05) is 42.9 Å². The van der Waals surface area contributed by atoms with E-state index in [1.54, 1.807) is 12.4 Å². The molecule has 2 aromatic heterocycles. The highest BCUT2D eigenvalue weighted by Crippen LogP contribution is 2.43. The first kappa shape index (κ1) is 31.5. The van der Waals surface area contributed by atoms with Gasteiger partial charge in [-0.1, -0.05) is 24.3 Å². The summed E-state index contributed by atoms with van der Waals surface area (Å²) in [6.45, 7) is 6.97. The first-order valence-corrected chi connectivity index (χ1v) is 16.1. The second-order valence-corrected chi connectivity index (χ2v) is 12.6. The second kappa shape index (κ2) is 13.5. The molecule has 46 heavy (non-hydrogen) atoms. The van der Waals surface area contributed by atoms with Crippen LogP contribution in [0.3, 0.4) is 0 Å². The Labute approximate surface area is 270 Å². The van der Waals surface area contributed by atoms with Gasteiger partial charge < -0.3 is 26.8 Å². The van der Waals surface area contributed by atoms with E-state index in [0.29, 0.717) is 47.7 Å². The van der Waals surface area contributed by atoms with Crippen LogP contribution in [-0.2, 0) is 13.1 Å². The van der Waals surface area contributed by atoms with Crippen LogP contribution in [0.1, 0.15) is 98.8 Å². The number of benzene rings is 2. The normalized spacial score (nSPS) is 15.0. The summed E-state index contributed by atoms with van der Waals surface area (Å²) in [5.41, 5.74) is 16.1. The van der Waals surface area contributed by atoms with Crippen LogP contribution in [0.5, 0.6) is 0 Å². The molecule has 6 rings (SSSR count). The van der Waals surface area contributed by atoms with Crippen LogP contribution in [-0.4, -0.2) is 39.5 Å². The Morgan fingerprint density at radius 2 is 1.30 bits per heavy atom. The summed E-state index contributed by atoms with van der Waals surface area (Å²) >= 11 is 0. The minimum atomic E-state index is -0.262. The van der Waals surface area contributed by atoms with E-state index in [1.165, 1.54) is 0 Å². The lowest BCUT2D eigenvalue weighted by atomic mass is 9.94. The van der Waals surface area contributed by atoms with Gasteiger partial charge in [0.2, 0.25) is 0 Å². The number of aliphatic hydroxyl groups excluding tert-OH is 1. The number of nitrogens with zero attached hydrogens (tertiary/aromatic N) is 2. The van der Waals surface area contributed by atoms with E-state index in [0.717, 1.165) is 70.2 Å². The van der Waals surface area contributed by atoms with E-state index < -0.39 is 0 Å². The van der Waals surface area contributed by atoms with Gasteiger partial charge >= 0.3 is 0 Å². The molecule has 2 saturated carbocycles. The van der Waals surface area contributed by atoms with Crippen molar-refractivity contribution in [2.75, 3.05) is 17.2 Å². The number of pyridine rings is 2. The van der Waals surface area contributed by atoms with Crippen molar-refractivity contribution in [2.24, 2.45) is 5.73 Å². The van der Waals surface area contributed by atoms with E-state index >= 15 is 0 Å². The maximum absolute atomic E-state index is 13.4. The van der Waals surface area contributed by atoms with Crippen molar-refractivity contribution in [2.45, 2.75) is 77.4 Å². The molecule has 9 nitrogen and oxygen atoms in total. The van der Waals surface area contributed by atoms with E-state index in [9.17, 15) is 14.7 Å². The standard InChI is InChI=1S/C37H42N6O3/c1-21(20-44)39-18-27-19-41-35(15-31(27)25-12-13-25)37(46)43-33-9-5-7-29(23(33)3)28-6-4-8-32(22(28)2)42-36(45)34-14-30(24-10-11-24)26(16-38)17-40-34/h4-9,14-15,17,19,21,24-25,39,44H,10-13,16,18,20,38H2,1-3H3,(H,42,45)(H,43,46)/t21-/m1/s1. The van der Waals surface area contributed by atoms with E-state index in [-0.39, 0.29) is 24.5 Å². The van der Waals surface area contributed by atoms with E-state index in [2.05, 4.69) is 25.9 Å². The number of nitrogens with one attached hydrogen (secondary N) is 3. The number of rotatable bonds is 12. The highest BCUT2D eigenvalue weighted by molar-refractivity contribution is 6.05. The van der Waals surface area contributed by atoms with Gasteiger partial charge in [0.25, 0.3) is 11.8 Å². The number of hydrogen-bond donors (Lipinski definition) is 5. The minimum Gasteiger partial charge on any atom is -0.395 e. The summed E-state index contributed by atoms with van der Waals surface area (Å²) < 4.78 is 0. The number of aliphatic hydroxyl groups is 1. The van der Waals surface area contributed by atoms with Crippen LogP contribution in [0.2, 0.25) is 0 Å². The largest absolute Gasteiger partial charge is 0.395 e. The van der Waals surface area contributed by atoms with Crippen molar-refractivity contribution in [3.63, 3.8) is 0 Å². The predicted octanol–water partition coefficient (Wildman–Crippen LogP) is 5.95. The monoisotopic (exact) mass is 618 g/mol. The molecule has 2 aromatic carbocycles. The Morgan fingerprint density at radius 3 is 1.76 bits per heavy atom. The van der Waals surface area contributed by atoms with Gasteiger partial charge in [0.1, 0.15) is 11.4 Å². The Morgan fingerprint density at radius 1 is 0.826 bits per heavy atom. The average molecular weight is 619 g/mol. The maximum atomic E-state index is 13.4. The third-order valence-corrected chi connectivity index (χ3v) is 9.13. The number of carbonyl (C=O) groups is 2. The Hall–Kier alpha value is -4.44. The first-order valence-electron chi connectivity index (χ1n) is 16.1. The van der Waals surface area contributed by atoms with Crippen molar-refractivity contribution in [3.05, 3.63) is 106 Å². The van der Waals surface area contributed by atoms with Gasteiger partial charge in [0.05, 0.1) is 6.61 Å². The lowest BCUT2D eigenvalue weighted by Gasteiger charge is -2.17. The summed E-state index contributed by atoms with van der Waals surface area (Å²) in [5.74, 6) is 0.388. The molecule has 9 heteroatoms.